The van der Waals surface area contributed by atoms with E-state index in [1.807, 2.05) is 32.4 Å². The topological polar surface area (TPSA) is 175 Å². The number of pyridine rings is 2. The van der Waals surface area contributed by atoms with Crippen molar-refractivity contribution < 1.29 is 29.3 Å². The van der Waals surface area contributed by atoms with Gasteiger partial charge in [0.2, 0.25) is 5.88 Å². The van der Waals surface area contributed by atoms with E-state index in [0.29, 0.717) is 30.4 Å². The van der Waals surface area contributed by atoms with Crippen molar-refractivity contribution in [3.05, 3.63) is 30.1 Å². The third kappa shape index (κ3) is 6.00. The molecule has 2 fully saturated rings. The van der Waals surface area contributed by atoms with Crippen LogP contribution in [0.1, 0.15) is 25.3 Å². The summed E-state index contributed by atoms with van der Waals surface area (Å²) in [7, 11) is 1.84. The summed E-state index contributed by atoms with van der Waals surface area (Å²) < 4.78 is 7.39. The number of aryl methyl sites for hydroxylation is 1. The fourth-order valence-electron chi connectivity index (χ4n) is 4.99. The molecule has 208 valence electrons. The molecule has 1 spiro atoms. The van der Waals surface area contributed by atoms with Gasteiger partial charge in [-0.1, -0.05) is 0 Å². The number of anilines is 3. The Bertz CT molecular complexity index is 1340. The molecule has 0 atom stereocenters. The Labute approximate surface area is 224 Å². The van der Waals surface area contributed by atoms with E-state index in [2.05, 4.69) is 36.7 Å². The fourth-order valence-corrected chi connectivity index (χ4v) is 4.99. The zero-order valence-electron chi connectivity index (χ0n) is 21.8. The molecule has 14 heteroatoms. The second-order valence-electron chi connectivity index (χ2n) is 9.29. The van der Waals surface area contributed by atoms with Crippen LogP contribution < -0.4 is 25.2 Å². The number of aromatic nitrogens is 4. The average molecular weight is 541 g/mol. The molecule has 14 nitrogen and oxygen atoms in total. The number of carboxylic acid groups (broad SMARTS) is 2. The van der Waals surface area contributed by atoms with Crippen LogP contribution in [-0.2, 0) is 23.1 Å². The molecule has 1 aliphatic carbocycles. The van der Waals surface area contributed by atoms with Crippen molar-refractivity contribution in [2.75, 3.05) is 47.9 Å². The number of fused-ring (bicyclic) bond motifs is 2. The molecule has 4 N–H and O–H groups in total. The number of ether oxygens (including phenoxy) is 1. The average Bonchev–Trinajstić information content (AvgIpc) is 3.32. The highest BCUT2D eigenvalue weighted by Crippen LogP contribution is 2.41. The van der Waals surface area contributed by atoms with Crippen molar-refractivity contribution in [1.82, 2.24) is 25.1 Å². The third-order valence-electron chi connectivity index (χ3n) is 6.76. The number of nitrogens with one attached hydrogen (secondary N) is 2. The monoisotopic (exact) mass is 540 g/mol. The smallest absolute Gasteiger partial charge is 0.327 e. The van der Waals surface area contributed by atoms with Crippen LogP contribution in [-0.4, -0.2) is 87.3 Å². The number of hydrogen-bond donors (Lipinski definition) is 4. The van der Waals surface area contributed by atoms with Gasteiger partial charge < -0.3 is 30.5 Å². The maximum atomic E-state index is 13.3. The van der Waals surface area contributed by atoms with Gasteiger partial charge in [0.1, 0.15) is 11.5 Å². The number of hydrogen-bond acceptors (Lipinski definition) is 9. The number of amides is 2. The van der Waals surface area contributed by atoms with E-state index in [0.717, 1.165) is 42.8 Å². The highest BCUT2D eigenvalue weighted by atomic mass is 16.5. The van der Waals surface area contributed by atoms with Crippen molar-refractivity contribution >= 4 is 47.2 Å². The van der Waals surface area contributed by atoms with E-state index < -0.39 is 0 Å². The number of nitrogens with zero attached hydrogens (tertiary/aromatic N) is 6. The lowest BCUT2D eigenvalue weighted by Crippen LogP contribution is -2.52. The molecular weight excluding hydrogens is 508 g/mol. The largest absolute Gasteiger partial charge is 0.483 e. The predicted molar refractivity (Wildman–Crippen MR) is 144 cm³/mol. The van der Waals surface area contributed by atoms with Crippen molar-refractivity contribution in [3.8, 4) is 5.88 Å². The molecule has 6 rings (SSSR count). The van der Waals surface area contributed by atoms with E-state index in [-0.39, 0.29) is 24.5 Å². The Morgan fingerprint density at radius 1 is 1.26 bits per heavy atom. The van der Waals surface area contributed by atoms with Gasteiger partial charge in [-0.05, 0) is 38.3 Å². The minimum atomic E-state index is -0.250. The summed E-state index contributed by atoms with van der Waals surface area (Å²) in [5, 5.41) is 25.6. The van der Waals surface area contributed by atoms with Gasteiger partial charge in [0.25, 0.3) is 12.9 Å². The SMILES string of the molecule is CCOc1nc2nn(C)cc2cc1NC(=O)N1CCc2c(N3CCNC4(CC4)C3)ccnc21.O=CO.O=CO. The lowest BCUT2D eigenvalue weighted by Gasteiger charge is -2.36. The minimum Gasteiger partial charge on any atom is -0.483 e. The number of carbonyl (C=O) groups excluding carboxylic acids is 1. The van der Waals surface area contributed by atoms with Crippen molar-refractivity contribution in [2.45, 2.75) is 31.7 Å². The van der Waals surface area contributed by atoms with E-state index in [9.17, 15) is 4.79 Å². The van der Waals surface area contributed by atoms with Crippen LogP contribution in [0.25, 0.3) is 11.0 Å². The van der Waals surface area contributed by atoms with E-state index in [4.69, 9.17) is 24.5 Å². The summed E-state index contributed by atoms with van der Waals surface area (Å²) in [6.07, 6.45) is 6.95. The van der Waals surface area contributed by atoms with Crippen molar-refractivity contribution in [3.63, 3.8) is 0 Å². The normalized spacial score (nSPS) is 16.4. The van der Waals surface area contributed by atoms with Crippen molar-refractivity contribution in [1.29, 1.82) is 0 Å². The number of urea groups is 1. The molecule has 5 heterocycles. The molecule has 3 aromatic heterocycles. The summed E-state index contributed by atoms with van der Waals surface area (Å²) >= 11 is 0. The quantitative estimate of drug-likeness (QED) is 0.354. The molecule has 2 aliphatic heterocycles. The lowest BCUT2D eigenvalue weighted by molar-refractivity contribution is -0.123. The molecule has 1 saturated carbocycles. The Morgan fingerprint density at radius 2 is 2.00 bits per heavy atom. The number of piperazine rings is 1. The van der Waals surface area contributed by atoms with Gasteiger partial charge in [-0.3, -0.25) is 19.2 Å². The highest BCUT2D eigenvalue weighted by Gasteiger charge is 2.46. The number of rotatable bonds is 4. The van der Waals surface area contributed by atoms with Crippen LogP contribution in [0.15, 0.2) is 24.5 Å². The Hall–Kier alpha value is -4.46. The first kappa shape index (κ1) is 27.6. The van der Waals surface area contributed by atoms with Gasteiger partial charge in [0, 0.05) is 67.8 Å². The zero-order valence-corrected chi connectivity index (χ0v) is 21.8. The van der Waals surface area contributed by atoms with E-state index in [1.165, 1.54) is 18.5 Å². The molecule has 3 aromatic rings. The maximum Gasteiger partial charge on any atom is 0.327 e. The van der Waals surface area contributed by atoms with Gasteiger partial charge in [-0.15, -0.1) is 0 Å². The highest BCUT2D eigenvalue weighted by molar-refractivity contribution is 6.04. The first-order valence-corrected chi connectivity index (χ1v) is 12.6. The summed E-state index contributed by atoms with van der Waals surface area (Å²) in [5.74, 6) is 1.11. The Morgan fingerprint density at radius 3 is 2.69 bits per heavy atom. The van der Waals surface area contributed by atoms with Gasteiger partial charge in [0.05, 0.1) is 6.61 Å². The van der Waals surface area contributed by atoms with Gasteiger partial charge in [-0.2, -0.15) is 10.1 Å². The van der Waals surface area contributed by atoms with Crippen LogP contribution in [0.4, 0.5) is 22.0 Å². The first-order valence-electron chi connectivity index (χ1n) is 12.6. The third-order valence-corrected chi connectivity index (χ3v) is 6.76. The van der Waals surface area contributed by atoms with Crippen LogP contribution >= 0.6 is 0 Å². The van der Waals surface area contributed by atoms with Gasteiger partial charge in [-0.25, -0.2) is 9.78 Å². The summed E-state index contributed by atoms with van der Waals surface area (Å²) in [6, 6.07) is 3.72. The molecule has 1 saturated heterocycles. The van der Waals surface area contributed by atoms with Crippen LogP contribution in [0.5, 0.6) is 5.88 Å². The van der Waals surface area contributed by atoms with Gasteiger partial charge in [0.15, 0.2) is 5.65 Å². The summed E-state index contributed by atoms with van der Waals surface area (Å²) in [4.78, 5) is 43.3. The molecule has 3 aliphatic rings. The molecular formula is C25H32N8O6. The molecule has 2 amide bonds. The zero-order chi connectivity index (χ0) is 28.0. The fraction of sp³-hybridized carbons (Fsp3) is 0.440. The predicted octanol–water partition coefficient (Wildman–Crippen LogP) is 1.70. The minimum absolute atomic E-state index is 0.233. The summed E-state index contributed by atoms with van der Waals surface area (Å²) in [6.45, 7) is 5.40. The Balaban J connectivity index is 0.000000541. The van der Waals surface area contributed by atoms with Crippen LogP contribution in [0.2, 0.25) is 0 Å². The Kier molecular flexibility index (Phi) is 8.44. The lowest BCUT2D eigenvalue weighted by atomic mass is 10.1. The van der Waals surface area contributed by atoms with Gasteiger partial charge >= 0.3 is 6.03 Å². The molecule has 0 radical (unpaired) electrons. The maximum absolute atomic E-state index is 13.3. The van der Waals surface area contributed by atoms with Crippen LogP contribution in [0.3, 0.4) is 0 Å². The molecule has 0 aromatic carbocycles. The van der Waals surface area contributed by atoms with E-state index >= 15 is 0 Å². The molecule has 0 unspecified atom stereocenters. The van der Waals surface area contributed by atoms with Crippen molar-refractivity contribution in [2.24, 2.45) is 7.05 Å². The molecule has 39 heavy (non-hydrogen) atoms. The standard InChI is InChI=1S/C23H28N8O2.2CH2O2/c1-3-33-21-17(12-15-13-29(2)28-19(15)27-21)26-22(32)31-10-5-16-18(4-8-24-20(16)31)30-11-9-25-23(14-30)6-7-23;2*2-1-3/h4,8,12-13,25H,3,5-7,9-11,14H2,1-2H3,(H,26,32);2*1H,(H,2,3). The first-order chi connectivity index (χ1) is 18.9. The summed E-state index contributed by atoms with van der Waals surface area (Å²) in [5.41, 5.74) is 3.76. The van der Waals surface area contributed by atoms with E-state index in [1.54, 1.807) is 9.58 Å². The number of carbonyl (C=O) groups is 3. The second kappa shape index (κ2) is 11.9. The second-order valence-corrected chi connectivity index (χ2v) is 9.29. The van der Waals surface area contributed by atoms with Crippen LogP contribution in [0, 0.1) is 0 Å². The molecule has 0 bridgehead atoms.